The number of aromatic nitrogens is 1. The zero-order valence-corrected chi connectivity index (χ0v) is 15.7. The number of carbonyl (C=O) groups excluding carboxylic acids is 1. The van der Waals surface area contributed by atoms with Crippen LogP contribution in [0.4, 0.5) is 13.2 Å². The Kier molecular flexibility index (Phi) is 5.99. The molecule has 0 fully saturated rings. The van der Waals surface area contributed by atoms with E-state index in [1.807, 2.05) is 34.3 Å². The number of hydrogen-bond acceptors (Lipinski definition) is 4. The average Bonchev–Trinajstić information content (AvgIpc) is 3.21. The second-order valence-electron chi connectivity index (χ2n) is 6.05. The number of halogens is 3. The molecule has 28 heavy (non-hydrogen) atoms. The van der Waals surface area contributed by atoms with Gasteiger partial charge in [-0.25, -0.2) is 0 Å². The van der Waals surface area contributed by atoms with Gasteiger partial charge in [0.15, 0.2) is 6.04 Å². The highest BCUT2D eigenvalue weighted by Gasteiger charge is 2.42. The maximum Gasteiger partial charge on any atom is 0.414 e. The van der Waals surface area contributed by atoms with E-state index in [0.29, 0.717) is 11.3 Å². The summed E-state index contributed by atoms with van der Waals surface area (Å²) in [4.78, 5) is 16.0. The van der Waals surface area contributed by atoms with Crippen molar-refractivity contribution in [1.29, 1.82) is 0 Å². The Hall–Kier alpha value is -2.87. The summed E-state index contributed by atoms with van der Waals surface area (Å²) in [5.41, 5.74) is 2.37. The van der Waals surface area contributed by atoms with Crippen molar-refractivity contribution in [2.24, 2.45) is 0 Å². The fourth-order valence-electron chi connectivity index (χ4n) is 2.65. The van der Waals surface area contributed by atoms with Crippen LogP contribution in [0, 0.1) is 0 Å². The van der Waals surface area contributed by atoms with Gasteiger partial charge in [0, 0.05) is 0 Å². The van der Waals surface area contributed by atoms with E-state index in [1.54, 1.807) is 23.5 Å². The van der Waals surface area contributed by atoms with Crippen LogP contribution in [0.1, 0.15) is 17.3 Å². The Bertz CT molecular complexity index is 908. The van der Waals surface area contributed by atoms with Crippen molar-refractivity contribution >= 4 is 17.2 Å². The van der Waals surface area contributed by atoms with Gasteiger partial charge in [0.25, 0.3) is 0 Å². The van der Waals surface area contributed by atoms with Crippen LogP contribution in [0.2, 0.25) is 0 Å². The predicted octanol–water partition coefficient (Wildman–Crippen LogP) is 4.78. The molecule has 1 N–H and O–H groups in total. The van der Waals surface area contributed by atoms with Crippen molar-refractivity contribution in [2.75, 3.05) is 7.11 Å². The van der Waals surface area contributed by atoms with E-state index in [4.69, 9.17) is 4.74 Å². The standard InChI is InChI=1S/C20H17F3N2O2S/c1-27-16-6-7-17(24-11-16)19(20(21,22)23)25-18(26)10-13-2-4-14(5-3-13)15-8-9-28-12-15/h2-9,11-12,19H,10H2,1H3,(H,25,26)/t19-/m0/s1. The Morgan fingerprint density at radius 1 is 1.14 bits per heavy atom. The van der Waals surface area contributed by atoms with Gasteiger partial charge >= 0.3 is 6.18 Å². The van der Waals surface area contributed by atoms with Gasteiger partial charge in [0.1, 0.15) is 5.75 Å². The third-order valence-corrected chi connectivity index (χ3v) is 4.78. The van der Waals surface area contributed by atoms with E-state index in [2.05, 4.69) is 4.98 Å². The van der Waals surface area contributed by atoms with E-state index >= 15 is 0 Å². The highest BCUT2D eigenvalue weighted by atomic mass is 32.1. The van der Waals surface area contributed by atoms with Gasteiger partial charge in [-0.1, -0.05) is 24.3 Å². The second kappa shape index (κ2) is 8.43. The molecule has 3 aromatic rings. The van der Waals surface area contributed by atoms with Crippen molar-refractivity contribution in [3.63, 3.8) is 0 Å². The smallest absolute Gasteiger partial charge is 0.414 e. The summed E-state index contributed by atoms with van der Waals surface area (Å²) >= 11 is 1.57. The van der Waals surface area contributed by atoms with Crippen LogP contribution < -0.4 is 10.1 Å². The van der Waals surface area contributed by atoms with Crippen molar-refractivity contribution in [1.82, 2.24) is 10.3 Å². The number of pyridine rings is 1. The molecule has 0 radical (unpaired) electrons. The van der Waals surface area contributed by atoms with E-state index < -0.39 is 18.1 Å². The minimum atomic E-state index is -4.67. The van der Waals surface area contributed by atoms with E-state index in [9.17, 15) is 18.0 Å². The Morgan fingerprint density at radius 2 is 1.89 bits per heavy atom. The van der Waals surface area contributed by atoms with Gasteiger partial charge in [-0.05, 0) is 45.6 Å². The maximum atomic E-state index is 13.4. The summed E-state index contributed by atoms with van der Waals surface area (Å²) in [5.74, 6) is -0.398. The Labute approximate surface area is 164 Å². The number of hydrogen-bond donors (Lipinski definition) is 1. The first-order valence-corrected chi connectivity index (χ1v) is 9.28. The van der Waals surface area contributed by atoms with Gasteiger partial charge < -0.3 is 10.1 Å². The molecule has 0 aliphatic heterocycles. The number of thiophene rings is 1. The number of ether oxygens (including phenoxy) is 1. The lowest BCUT2D eigenvalue weighted by Gasteiger charge is -2.21. The summed E-state index contributed by atoms with van der Waals surface area (Å²) in [6.07, 6.45) is -3.64. The first-order valence-electron chi connectivity index (χ1n) is 8.34. The Balaban J connectivity index is 1.69. The first kappa shape index (κ1) is 19.9. The van der Waals surface area contributed by atoms with Crippen LogP contribution in [0.3, 0.4) is 0 Å². The molecule has 2 aromatic heterocycles. The molecule has 0 aliphatic carbocycles. The average molecular weight is 406 g/mol. The lowest BCUT2D eigenvalue weighted by atomic mass is 10.0. The summed E-state index contributed by atoms with van der Waals surface area (Å²) in [7, 11) is 1.39. The van der Waals surface area contributed by atoms with E-state index in [1.165, 1.54) is 25.4 Å². The molecule has 146 valence electrons. The minimum Gasteiger partial charge on any atom is -0.495 e. The summed E-state index contributed by atoms with van der Waals surface area (Å²) in [5, 5.41) is 5.99. The van der Waals surface area contributed by atoms with E-state index in [-0.39, 0.29) is 12.1 Å². The molecule has 0 saturated heterocycles. The van der Waals surface area contributed by atoms with Gasteiger partial charge in [-0.15, -0.1) is 0 Å². The number of methoxy groups -OCH3 is 1. The summed E-state index contributed by atoms with van der Waals surface area (Å²) < 4.78 is 45.1. The minimum absolute atomic E-state index is 0.160. The van der Waals surface area contributed by atoms with Crippen molar-refractivity contribution in [3.05, 3.63) is 70.7 Å². The van der Waals surface area contributed by atoms with Crippen LogP contribution in [-0.4, -0.2) is 24.2 Å². The first-order chi connectivity index (χ1) is 13.4. The SMILES string of the molecule is COc1ccc([C@H](NC(=O)Cc2ccc(-c3ccsc3)cc2)C(F)(F)F)nc1. The normalized spacial score (nSPS) is 12.4. The van der Waals surface area contributed by atoms with Gasteiger partial charge in [-0.3, -0.25) is 9.78 Å². The van der Waals surface area contributed by atoms with Crippen LogP contribution in [-0.2, 0) is 11.2 Å². The molecule has 0 unspecified atom stereocenters. The fraction of sp³-hybridized carbons (Fsp3) is 0.200. The van der Waals surface area contributed by atoms with Crippen LogP contribution >= 0.6 is 11.3 Å². The van der Waals surface area contributed by atoms with Gasteiger partial charge in [0.05, 0.1) is 25.4 Å². The molecule has 4 nitrogen and oxygen atoms in total. The topological polar surface area (TPSA) is 51.2 Å². The lowest BCUT2D eigenvalue weighted by molar-refractivity contribution is -0.164. The third kappa shape index (κ3) is 4.89. The maximum absolute atomic E-state index is 13.4. The Morgan fingerprint density at radius 3 is 2.43 bits per heavy atom. The molecule has 1 aromatic carbocycles. The zero-order chi connectivity index (χ0) is 20.1. The van der Waals surface area contributed by atoms with Crippen molar-refractivity contribution in [3.8, 4) is 16.9 Å². The zero-order valence-electron chi connectivity index (χ0n) is 14.9. The molecule has 3 rings (SSSR count). The van der Waals surface area contributed by atoms with E-state index in [0.717, 1.165) is 11.1 Å². The predicted molar refractivity (Wildman–Crippen MR) is 101 cm³/mol. The molecule has 0 bridgehead atoms. The monoisotopic (exact) mass is 406 g/mol. The highest BCUT2D eigenvalue weighted by Crippen LogP contribution is 2.32. The lowest BCUT2D eigenvalue weighted by Crippen LogP contribution is -2.39. The number of nitrogens with one attached hydrogen (secondary N) is 1. The van der Waals surface area contributed by atoms with Gasteiger partial charge in [0.2, 0.25) is 5.91 Å². The number of rotatable bonds is 6. The molecule has 0 aliphatic rings. The van der Waals surface area contributed by atoms with Gasteiger partial charge in [-0.2, -0.15) is 24.5 Å². The molecular weight excluding hydrogens is 389 g/mol. The molecule has 0 saturated carbocycles. The number of amides is 1. The second-order valence-corrected chi connectivity index (χ2v) is 6.83. The highest BCUT2D eigenvalue weighted by molar-refractivity contribution is 7.08. The molecule has 1 atom stereocenters. The number of carbonyl (C=O) groups is 1. The summed E-state index contributed by atoms with van der Waals surface area (Å²) in [6.45, 7) is 0. The molecule has 1 amide bonds. The molecule has 0 spiro atoms. The molecule has 8 heteroatoms. The molecular formula is C20H17F3N2O2S. The quantitative estimate of drug-likeness (QED) is 0.641. The van der Waals surface area contributed by atoms with Crippen molar-refractivity contribution in [2.45, 2.75) is 18.6 Å². The molecule has 2 heterocycles. The fourth-order valence-corrected chi connectivity index (χ4v) is 3.31. The van der Waals surface area contributed by atoms with Crippen LogP contribution in [0.5, 0.6) is 5.75 Å². The largest absolute Gasteiger partial charge is 0.495 e. The number of benzene rings is 1. The summed E-state index contributed by atoms with van der Waals surface area (Å²) in [6, 6.07) is 9.51. The number of nitrogens with zero attached hydrogens (tertiary/aromatic N) is 1. The van der Waals surface area contributed by atoms with Crippen molar-refractivity contribution < 1.29 is 22.7 Å². The van der Waals surface area contributed by atoms with Crippen LogP contribution in [0.15, 0.2) is 59.4 Å². The third-order valence-electron chi connectivity index (χ3n) is 4.10. The number of alkyl halides is 3. The van der Waals surface area contributed by atoms with Crippen LogP contribution in [0.25, 0.3) is 11.1 Å².